The normalized spacial score (nSPS) is 11.3. The molecule has 5 heteroatoms. The van der Waals surface area contributed by atoms with Gasteiger partial charge in [-0.15, -0.1) is 0 Å². The minimum Gasteiger partial charge on any atom is -0.361 e. The van der Waals surface area contributed by atoms with Crippen molar-refractivity contribution >= 4 is 40.2 Å². The summed E-state index contributed by atoms with van der Waals surface area (Å²) in [4.78, 5) is 15.5. The van der Waals surface area contributed by atoms with Crippen molar-refractivity contribution in [3.63, 3.8) is 0 Å². The quantitative estimate of drug-likeness (QED) is 0.539. The van der Waals surface area contributed by atoms with Crippen LogP contribution in [-0.4, -0.2) is 10.9 Å². The van der Waals surface area contributed by atoms with E-state index in [1.54, 1.807) is 30.5 Å². The molecule has 0 spiro atoms. The van der Waals surface area contributed by atoms with Crippen molar-refractivity contribution in [2.24, 2.45) is 0 Å². The van der Waals surface area contributed by atoms with Gasteiger partial charge < -0.3 is 10.3 Å². The lowest BCUT2D eigenvalue weighted by molar-refractivity contribution is -0.112. The first-order chi connectivity index (χ1) is 11.6. The predicted molar refractivity (Wildman–Crippen MR) is 96.7 cm³/mol. The third kappa shape index (κ3) is 3.03. The largest absolute Gasteiger partial charge is 0.361 e. The van der Waals surface area contributed by atoms with E-state index in [1.807, 2.05) is 37.3 Å². The highest BCUT2D eigenvalue weighted by atomic mass is 35.5. The Morgan fingerprint density at radius 3 is 2.83 bits per heavy atom. The van der Waals surface area contributed by atoms with Gasteiger partial charge in [0.2, 0.25) is 0 Å². The van der Waals surface area contributed by atoms with Crippen molar-refractivity contribution in [2.75, 3.05) is 5.32 Å². The summed E-state index contributed by atoms with van der Waals surface area (Å²) >= 11 is 6.06. The van der Waals surface area contributed by atoms with Crippen molar-refractivity contribution in [3.05, 3.63) is 70.4 Å². The Hall–Kier alpha value is -3.03. The van der Waals surface area contributed by atoms with Crippen LogP contribution in [0.3, 0.4) is 0 Å². The van der Waals surface area contributed by atoms with Crippen LogP contribution >= 0.6 is 11.6 Å². The van der Waals surface area contributed by atoms with Crippen molar-refractivity contribution < 1.29 is 4.79 Å². The van der Waals surface area contributed by atoms with Crippen LogP contribution in [0.2, 0.25) is 5.02 Å². The Balaban J connectivity index is 1.92. The summed E-state index contributed by atoms with van der Waals surface area (Å²) in [7, 11) is 0. The van der Waals surface area contributed by atoms with E-state index in [4.69, 9.17) is 11.6 Å². The van der Waals surface area contributed by atoms with Crippen molar-refractivity contribution in [2.45, 2.75) is 6.92 Å². The molecule has 118 valence electrons. The zero-order chi connectivity index (χ0) is 17.1. The summed E-state index contributed by atoms with van der Waals surface area (Å²) in [6.45, 7) is 1.81. The molecule has 0 saturated carbocycles. The topological polar surface area (TPSA) is 68.7 Å². The van der Waals surface area contributed by atoms with Gasteiger partial charge >= 0.3 is 0 Å². The molecule has 2 aromatic carbocycles. The summed E-state index contributed by atoms with van der Waals surface area (Å²) in [6.07, 6.45) is 3.36. The fraction of sp³-hybridized carbons (Fsp3) is 0.0526. The highest BCUT2D eigenvalue weighted by molar-refractivity contribution is 6.31. The zero-order valence-electron chi connectivity index (χ0n) is 12.9. The molecule has 3 aromatic rings. The monoisotopic (exact) mass is 335 g/mol. The Morgan fingerprint density at radius 2 is 2.04 bits per heavy atom. The highest BCUT2D eigenvalue weighted by Gasteiger charge is 2.13. The van der Waals surface area contributed by atoms with Gasteiger partial charge in [0, 0.05) is 33.4 Å². The average molecular weight is 336 g/mol. The maximum Gasteiger partial charge on any atom is 0.266 e. The summed E-state index contributed by atoms with van der Waals surface area (Å²) in [6, 6.07) is 14.9. The van der Waals surface area contributed by atoms with Gasteiger partial charge in [-0.1, -0.05) is 35.9 Å². The van der Waals surface area contributed by atoms with Crippen LogP contribution in [0.4, 0.5) is 5.69 Å². The number of nitrogens with one attached hydrogen (secondary N) is 2. The summed E-state index contributed by atoms with van der Waals surface area (Å²) in [5, 5.41) is 13.6. The maximum atomic E-state index is 12.4. The number of nitriles is 1. The van der Waals surface area contributed by atoms with Gasteiger partial charge in [0.25, 0.3) is 5.91 Å². The van der Waals surface area contributed by atoms with Gasteiger partial charge in [-0.2, -0.15) is 5.26 Å². The van der Waals surface area contributed by atoms with Crippen LogP contribution in [-0.2, 0) is 4.79 Å². The number of amides is 1. The molecule has 4 nitrogen and oxygen atoms in total. The number of rotatable bonds is 3. The van der Waals surface area contributed by atoms with E-state index >= 15 is 0 Å². The number of aromatic amines is 1. The van der Waals surface area contributed by atoms with Crippen molar-refractivity contribution in [1.29, 1.82) is 5.26 Å². The molecule has 24 heavy (non-hydrogen) atoms. The molecule has 0 aliphatic rings. The molecule has 0 fully saturated rings. The lowest BCUT2D eigenvalue weighted by Crippen LogP contribution is -2.14. The minimum atomic E-state index is -0.465. The number of hydrogen-bond donors (Lipinski definition) is 2. The third-order valence-corrected chi connectivity index (χ3v) is 4.21. The molecular formula is C19H14ClN3O. The van der Waals surface area contributed by atoms with E-state index in [2.05, 4.69) is 10.3 Å². The predicted octanol–water partition coefficient (Wildman–Crippen LogP) is 4.68. The number of halogens is 1. The van der Waals surface area contributed by atoms with Gasteiger partial charge in [0.1, 0.15) is 11.6 Å². The van der Waals surface area contributed by atoms with Crippen LogP contribution in [0.5, 0.6) is 0 Å². The summed E-state index contributed by atoms with van der Waals surface area (Å²) in [5.41, 5.74) is 3.12. The second-order valence-corrected chi connectivity index (χ2v) is 5.73. The number of anilines is 1. The van der Waals surface area contributed by atoms with Gasteiger partial charge in [0.15, 0.2) is 0 Å². The molecule has 3 rings (SSSR count). The summed E-state index contributed by atoms with van der Waals surface area (Å²) in [5.74, 6) is -0.465. The average Bonchev–Trinajstić information content (AvgIpc) is 3.00. The SMILES string of the molecule is Cc1c(Cl)cccc1NC(=O)C(C#N)=Cc1c[nH]c2ccccc12. The molecule has 0 bridgehead atoms. The molecule has 0 aliphatic carbocycles. The van der Waals surface area contributed by atoms with Crippen LogP contribution in [0.25, 0.3) is 17.0 Å². The Bertz CT molecular complexity index is 995. The van der Waals surface area contributed by atoms with E-state index in [0.29, 0.717) is 10.7 Å². The van der Waals surface area contributed by atoms with Crippen LogP contribution < -0.4 is 5.32 Å². The Morgan fingerprint density at radius 1 is 1.25 bits per heavy atom. The molecule has 0 aliphatic heterocycles. The maximum absolute atomic E-state index is 12.4. The molecule has 1 aromatic heterocycles. The number of benzene rings is 2. The Kier molecular flexibility index (Phi) is 4.37. The first kappa shape index (κ1) is 15.9. The standard InChI is InChI=1S/C19H14ClN3O/c1-12-16(20)6-4-8-17(12)23-19(24)13(10-21)9-14-11-22-18-7-3-2-5-15(14)18/h2-9,11,22H,1H3,(H,23,24). The minimum absolute atomic E-state index is 0.0270. The molecule has 0 radical (unpaired) electrons. The molecule has 0 unspecified atom stereocenters. The molecule has 2 N–H and O–H groups in total. The number of hydrogen-bond acceptors (Lipinski definition) is 2. The third-order valence-electron chi connectivity index (χ3n) is 3.80. The number of nitrogens with zero attached hydrogens (tertiary/aromatic N) is 1. The second-order valence-electron chi connectivity index (χ2n) is 5.33. The van der Waals surface area contributed by atoms with Crippen LogP contribution in [0, 0.1) is 18.3 Å². The molecule has 1 heterocycles. The molecule has 1 amide bonds. The number of carbonyl (C=O) groups excluding carboxylic acids is 1. The smallest absolute Gasteiger partial charge is 0.266 e. The van der Waals surface area contributed by atoms with Crippen molar-refractivity contribution in [3.8, 4) is 6.07 Å². The van der Waals surface area contributed by atoms with Crippen molar-refractivity contribution in [1.82, 2.24) is 4.98 Å². The van der Waals surface area contributed by atoms with E-state index in [9.17, 15) is 10.1 Å². The van der Waals surface area contributed by atoms with E-state index in [1.165, 1.54) is 0 Å². The van der Waals surface area contributed by atoms with E-state index in [0.717, 1.165) is 22.0 Å². The van der Waals surface area contributed by atoms with Gasteiger partial charge in [-0.05, 0) is 36.8 Å². The van der Waals surface area contributed by atoms with Crippen LogP contribution in [0.15, 0.2) is 54.2 Å². The zero-order valence-corrected chi connectivity index (χ0v) is 13.7. The number of H-pyrrole nitrogens is 1. The lowest BCUT2D eigenvalue weighted by Gasteiger charge is -2.08. The number of carbonyl (C=O) groups is 1. The first-order valence-electron chi connectivity index (χ1n) is 7.34. The number of aromatic nitrogens is 1. The second kappa shape index (κ2) is 6.61. The van der Waals surface area contributed by atoms with Gasteiger partial charge in [-0.25, -0.2) is 0 Å². The van der Waals surface area contributed by atoms with Gasteiger partial charge in [0.05, 0.1) is 0 Å². The highest BCUT2D eigenvalue weighted by Crippen LogP contribution is 2.24. The molecule has 0 atom stereocenters. The summed E-state index contributed by atoms with van der Waals surface area (Å²) < 4.78 is 0. The Labute approximate surface area is 144 Å². The van der Waals surface area contributed by atoms with Crippen LogP contribution in [0.1, 0.15) is 11.1 Å². The lowest BCUT2D eigenvalue weighted by atomic mass is 10.1. The fourth-order valence-corrected chi connectivity index (χ4v) is 2.62. The van der Waals surface area contributed by atoms with E-state index in [-0.39, 0.29) is 5.57 Å². The van der Waals surface area contributed by atoms with Gasteiger partial charge in [-0.3, -0.25) is 4.79 Å². The molecule has 0 saturated heterocycles. The van der Waals surface area contributed by atoms with E-state index < -0.39 is 5.91 Å². The fourth-order valence-electron chi connectivity index (χ4n) is 2.45. The first-order valence-corrected chi connectivity index (χ1v) is 7.72. The number of para-hydroxylation sites is 1. The number of fused-ring (bicyclic) bond motifs is 1. The molecular weight excluding hydrogens is 322 g/mol.